The summed E-state index contributed by atoms with van der Waals surface area (Å²) in [7, 11) is -2.17. The van der Waals surface area contributed by atoms with E-state index in [4.69, 9.17) is 14.3 Å². The van der Waals surface area contributed by atoms with Crippen molar-refractivity contribution in [1.82, 2.24) is 0 Å². The molecule has 0 rings (SSSR count). The van der Waals surface area contributed by atoms with Crippen LogP contribution < -0.4 is 0 Å². The molecule has 4 heteroatoms. The Bertz CT molecular complexity index is 439. The van der Waals surface area contributed by atoms with Crippen molar-refractivity contribution >= 4 is 8.60 Å². The molecule has 248 valence electrons. The van der Waals surface area contributed by atoms with Gasteiger partial charge in [0.1, 0.15) is 0 Å². The maximum Gasteiger partial charge on any atom is 0.327 e. The van der Waals surface area contributed by atoms with Crippen molar-refractivity contribution in [2.24, 2.45) is 5.41 Å². The fraction of sp³-hybridized carbons (Fsp3) is 1.00. The predicted molar refractivity (Wildman–Crippen MR) is 185 cm³/mol. The van der Waals surface area contributed by atoms with E-state index in [1.54, 1.807) is 0 Å². The van der Waals surface area contributed by atoms with E-state index in [-0.39, 0.29) is 0 Å². The number of hydrogen-bond acceptors (Lipinski definition) is 3. The summed E-state index contributed by atoms with van der Waals surface area (Å²) < 4.78 is 4.89. The van der Waals surface area contributed by atoms with E-state index in [1.807, 2.05) is 0 Å². The lowest BCUT2D eigenvalue weighted by Gasteiger charge is -2.35. The highest BCUT2D eigenvalue weighted by molar-refractivity contribution is 7.39. The van der Waals surface area contributed by atoms with E-state index < -0.39 is 8.60 Å². The van der Waals surface area contributed by atoms with Crippen molar-refractivity contribution in [1.29, 1.82) is 0 Å². The Hall–Kier alpha value is 0.310. The van der Waals surface area contributed by atoms with Gasteiger partial charge in [0, 0.05) is 0 Å². The van der Waals surface area contributed by atoms with Crippen LogP contribution in [0.1, 0.15) is 226 Å². The Kier molecular flexibility index (Phi) is 33.5. The van der Waals surface area contributed by atoms with E-state index in [2.05, 4.69) is 20.8 Å². The molecular formula is C37H77O3P. The van der Waals surface area contributed by atoms with Crippen LogP contribution in [0.3, 0.4) is 0 Å². The van der Waals surface area contributed by atoms with Crippen molar-refractivity contribution in [3.8, 4) is 0 Å². The summed E-state index contributed by atoms with van der Waals surface area (Å²) in [6, 6.07) is 0. The molecule has 41 heavy (non-hydrogen) atoms. The SMILES string of the molecule is CCCCCCCCCC(CCCCCCCCC)(CCCCCCCCC)CCCCCCCCCOP(O)O. The van der Waals surface area contributed by atoms with Gasteiger partial charge in [0.2, 0.25) is 0 Å². The maximum atomic E-state index is 8.85. The van der Waals surface area contributed by atoms with Crippen molar-refractivity contribution in [2.75, 3.05) is 6.61 Å². The van der Waals surface area contributed by atoms with Crippen LogP contribution in [-0.2, 0) is 4.52 Å². The van der Waals surface area contributed by atoms with Crippen LogP contribution in [-0.4, -0.2) is 16.4 Å². The molecule has 0 atom stereocenters. The van der Waals surface area contributed by atoms with Crippen molar-refractivity contribution in [3.63, 3.8) is 0 Å². The van der Waals surface area contributed by atoms with Gasteiger partial charge >= 0.3 is 8.60 Å². The lowest BCUT2D eigenvalue weighted by atomic mass is 9.70. The summed E-state index contributed by atoms with van der Waals surface area (Å²) in [5, 5.41) is 0. The van der Waals surface area contributed by atoms with Crippen LogP contribution in [0.5, 0.6) is 0 Å². The van der Waals surface area contributed by atoms with Gasteiger partial charge in [0.15, 0.2) is 0 Å². The van der Waals surface area contributed by atoms with Gasteiger partial charge < -0.3 is 14.3 Å². The molecule has 0 fully saturated rings. The van der Waals surface area contributed by atoms with Crippen LogP contribution in [0.2, 0.25) is 0 Å². The molecule has 0 amide bonds. The average molecular weight is 601 g/mol. The van der Waals surface area contributed by atoms with Crippen molar-refractivity contribution in [3.05, 3.63) is 0 Å². The molecule has 0 saturated heterocycles. The largest absolute Gasteiger partial charge is 0.328 e. The standard InChI is InChI=1S/C37H77O3P/c1-4-7-10-13-17-22-27-32-37(33-28-23-18-14-11-8-5-2,34-29-24-19-15-12-9-6-3)35-30-25-20-16-21-26-31-36-40-41(38)39/h38-39H,4-36H2,1-3H3. The molecule has 0 aromatic heterocycles. The molecule has 3 nitrogen and oxygen atoms in total. The van der Waals surface area contributed by atoms with E-state index in [0.29, 0.717) is 12.0 Å². The topological polar surface area (TPSA) is 49.7 Å². The van der Waals surface area contributed by atoms with Gasteiger partial charge in [0.05, 0.1) is 6.61 Å². The lowest BCUT2D eigenvalue weighted by molar-refractivity contribution is 0.171. The summed E-state index contributed by atoms with van der Waals surface area (Å²) in [6.07, 6.45) is 44.8. The van der Waals surface area contributed by atoms with Crippen molar-refractivity contribution < 1.29 is 14.3 Å². The molecule has 0 aromatic carbocycles. The molecular weight excluding hydrogens is 523 g/mol. The van der Waals surface area contributed by atoms with Crippen LogP contribution in [0.4, 0.5) is 0 Å². The van der Waals surface area contributed by atoms with Gasteiger partial charge in [-0.3, -0.25) is 0 Å². The summed E-state index contributed by atoms with van der Waals surface area (Å²) in [5.41, 5.74) is 0.612. The van der Waals surface area contributed by atoms with Gasteiger partial charge in [-0.15, -0.1) is 0 Å². The van der Waals surface area contributed by atoms with Crippen LogP contribution in [0, 0.1) is 5.41 Å². The lowest BCUT2D eigenvalue weighted by Crippen LogP contribution is -2.21. The number of hydrogen-bond donors (Lipinski definition) is 2. The van der Waals surface area contributed by atoms with Gasteiger partial charge in [0.25, 0.3) is 0 Å². The Morgan fingerprint density at radius 2 is 0.610 bits per heavy atom. The molecule has 0 aromatic rings. The Balaban J connectivity index is 4.76. The highest BCUT2D eigenvalue weighted by Crippen LogP contribution is 2.42. The van der Waals surface area contributed by atoms with Gasteiger partial charge in [-0.25, -0.2) is 0 Å². The third kappa shape index (κ3) is 30.1. The first-order valence-corrected chi connectivity index (χ1v) is 20.1. The number of unbranched alkanes of at least 4 members (excludes halogenated alkanes) is 24. The first-order chi connectivity index (χ1) is 20.1. The number of rotatable bonds is 35. The van der Waals surface area contributed by atoms with Gasteiger partial charge in [-0.05, 0) is 37.5 Å². The molecule has 0 bridgehead atoms. The summed E-state index contributed by atoms with van der Waals surface area (Å²) in [5.74, 6) is 0. The smallest absolute Gasteiger partial charge is 0.327 e. The first-order valence-electron chi connectivity index (χ1n) is 18.9. The minimum Gasteiger partial charge on any atom is -0.328 e. The van der Waals surface area contributed by atoms with Crippen LogP contribution >= 0.6 is 8.60 Å². The zero-order valence-corrected chi connectivity index (χ0v) is 29.5. The summed E-state index contributed by atoms with van der Waals surface area (Å²) >= 11 is 0. The second-order valence-electron chi connectivity index (χ2n) is 13.4. The average Bonchev–Trinajstić information content (AvgIpc) is 2.96. The molecule has 0 saturated carbocycles. The predicted octanol–water partition coefficient (Wildman–Crippen LogP) is 13.7. The molecule has 0 spiro atoms. The molecule has 0 aliphatic heterocycles. The second kappa shape index (κ2) is 33.2. The fourth-order valence-electron chi connectivity index (χ4n) is 6.75. The second-order valence-corrected chi connectivity index (χ2v) is 14.2. The monoisotopic (exact) mass is 601 g/mol. The Labute approximate surface area is 260 Å². The molecule has 0 aliphatic carbocycles. The van der Waals surface area contributed by atoms with E-state index in [1.165, 1.54) is 193 Å². The minimum atomic E-state index is -2.17. The quantitative estimate of drug-likeness (QED) is 0.0562. The molecule has 0 unspecified atom stereocenters. The van der Waals surface area contributed by atoms with E-state index in [9.17, 15) is 0 Å². The third-order valence-corrected chi connectivity index (χ3v) is 9.90. The van der Waals surface area contributed by atoms with Crippen LogP contribution in [0.15, 0.2) is 0 Å². The van der Waals surface area contributed by atoms with E-state index in [0.717, 1.165) is 12.8 Å². The third-order valence-electron chi connectivity index (χ3n) is 9.49. The molecule has 0 aliphatic rings. The van der Waals surface area contributed by atoms with Crippen LogP contribution in [0.25, 0.3) is 0 Å². The summed E-state index contributed by atoms with van der Waals surface area (Å²) in [6.45, 7) is 7.45. The molecule has 2 N–H and O–H groups in total. The zero-order chi connectivity index (χ0) is 30.1. The molecule has 0 radical (unpaired) electrons. The first kappa shape index (κ1) is 41.3. The minimum absolute atomic E-state index is 0.483. The maximum absolute atomic E-state index is 8.85. The van der Waals surface area contributed by atoms with Gasteiger partial charge in [-0.2, -0.15) is 0 Å². The van der Waals surface area contributed by atoms with Gasteiger partial charge in [-0.1, -0.05) is 194 Å². The Morgan fingerprint density at radius 1 is 0.366 bits per heavy atom. The van der Waals surface area contributed by atoms with Crippen molar-refractivity contribution in [2.45, 2.75) is 226 Å². The fourth-order valence-corrected chi connectivity index (χ4v) is 7.05. The normalized spacial score (nSPS) is 12.1. The summed E-state index contributed by atoms with van der Waals surface area (Å²) in [4.78, 5) is 17.7. The Morgan fingerprint density at radius 3 is 0.878 bits per heavy atom. The highest BCUT2D eigenvalue weighted by atomic mass is 31.2. The molecule has 0 heterocycles. The highest BCUT2D eigenvalue weighted by Gasteiger charge is 2.28. The zero-order valence-electron chi connectivity index (χ0n) is 28.6. The van der Waals surface area contributed by atoms with E-state index >= 15 is 0 Å².